The van der Waals surface area contributed by atoms with E-state index < -0.39 is 5.82 Å². The third-order valence-electron chi connectivity index (χ3n) is 4.81. The van der Waals surface area contributed by atoms with E-state index in [2.05, 4.69) is 6.92 Å². The molecule has 1 aliphatic heterocycles. The number of anilines is 1. The summed E-state index contributed by atoms with van der Waals surface area (Å²) in [4.78, 5) is 26.1. The quantitative estimate of drug-likeness (QED) is 0.686. The maximum atomic E-state index is 13.5. The van der Waals surface area contributed by atoms with Gasteiger partial charge in [-0.05, 0) is 36.5 Å². The Morgan fingerprint density at radius 2 is 1.86 bits per heavy atom. The topological polar surface area (TPSA) is 63.4 Å². The van der Waals surface area contributed by atoms with E-state index in [0.29, 0.717) is 11.5 Å². The van der Waals surface area contributed by atoms with Crippen molar-refractivity contribution in [3.63, 3.8) is 0 Å². The van der Waals surface area contributed by atoms with Gasteiger partial charge in [0.15, 0.2) is 0 Å². The molecule has 3 rings (SSSR count). The van der Waals surface area contributed by atoms with Crippen LogP contribution in [0.3, 0.4) is 0 Å². The van der Waals surface area contributed by atoms with Gasteiger partial charge in [-0.15, -0.1) is 0 Å². The lowest BCUT2D eigenvalue weighted by Gasteiger charge is -2.17. The van der Waals surface area contributed by atoms with Crippen molar-refractivity contribution >= 4 is 17.5 Å². The minimum atomic E-state index is -0.516. The van der Waals surface area contributed by atoms with Crippen LogP contribution in [0.4, 0.5) is 10.1 Å². The first-order chi connectivity index (χ1) is 10.0. The highest BCUT2D eigenvalue weighted by Crippen LogP contribution is 2.44. The molecule has 2 unspecified atom stereocenters. The summed E-state index contributed by atoms with van der Waals surface area (Å²) in [7, 11) is 0. The Kier molecular flexibility index (Phi) is 3.43. The van der Waals surface area contributed by atoms with Crippen molar-refractivity contribution < 1.29 is 14.0 Å². The molecule has 0 bridgehead atoms. The van der Waals surface area contributed by atoms with E-state index in [1.165, 1.54) is 17.0 Å². The Balaban J connectivity index is 1.77. The van der Waals surface area contributed by atoms with Crippen LogP contribution in [-0.2, 0) is 16.1 Å². The molecule has 2 fully saturated rings. The first-order valence-electron chi connectivity index (χ1n) is 7.40. The number of halogens is 1. The maximum Gasteiger partial charge on any atom is 0.233 e. The van der Waals surface area contributed by atoms with Crippen molar-refractivity contribution in [1.29, 1.82) is 0 Å². The molecule has 5 heteroatoms. The Hall–Kier alpha value is -1.91. The summed E-state index contributed by atoms with van der Waals surface area (Å²) in [5.74, 6) is -0.569. The van der Waals surface area contributed by atoms with Gasteiger partial charge in [-0.2, -0.15) is 0 Å². The average molecular weight is 290 g/mol. The van der Waals surface area contributed by atoms with E-state index in [1.54, 1.807) is 6.07 Å². The predicted octanol–water partition coefficient (Wildman–Crippen LogP) is 2.33. The zero-order chi connectivity index (χ0) is 15.1. The van der Waals surface area contributed by atoms with E-state index in [0.717, 1.165) is 19.3 Å². The summed E-state index contributed by atoms with van der Waals surface area (Å²) in [6, 6.07) is 4.41. The fourth-order valence-electron chi connectivity index (χ4n) is 3.54. The van der Waals surface area contributed by atoms with E-state index in [-0.39, 0.29) is 35.9 Å². The smallest absolute Gasteiger partial charge is 0.233 e. The van der Waals surface area contributed by atoms with Crippen molar-refractivity contribution in [2.24, 2.45) is 17.8 Å². The number of amides is 2. The summed E-state index contributed by atoms with van der Waals surface area (Å²) in [6.07, 6.45) is 2.62. The lowest BCUT2D eigenvalue weighted by atomic mass is 10.00. The van der Waals surface area contributed by atoms with Crippen LogP contribution in [0, 0.1) is 23.6 Å². The van der Waals surface area contributed by atoms with Crippen molar-refractivity contribution in [2.45, 2.75) is 32.7 Å². The molecule has 2 aliphatic rings. The molecule has 2 N–H and O–H groups in total. The number of nitrogens with zero attached hydrogens (tertiary/aromatic N) is 1. The molecule has 112 valence electrons. The molecule has 2 amide bonds. The van der Waals surface area contributed by atoms with E-state index in [9.17, 15) is 14.0 Å². The summed E-state index contributed by atoms with van der Waals surface area (Å²) in [5.41, 5.74) is 6.10. The average Bonchev–Trinajstić information content (AvgIpc) is 2.98. The van der Waals surface area contributed by atoms with E-state index >= 15 is 0 Å². The largest absolute Gasteiger partial charge is 0.396 e. The molecule has 2 atom stereocenters. The van der Waals surface area contributed by atoms with Crippen LogP contribution in [0.5, 0.6) is 0 Å². The van der Waals surface area contributed by atoms with Gasteiger partial charge in [0.2, 0.25) is 11.8 Å². The van der Waals surface area contributed by atoms with Gasteiger partial charge < -0.3 is 5.73 Å². The van der Waals surface area contributed by atoms with Crippen LogP contribution in [0.15, 0.2) is 18.2 Å². The minimum absolute atomic E-state index is 0.0699. The van der Waals surface area contributed by atoms with Crippen LogP contribution < -0.4 is 5.73 Å². The molecule has 0 spiro atoms. The van der Waals surface area contributed by atoms with E-state index in [1.807, 2.05) is 0 Å². The van der Waals surface area contributed by atoms with Gasteiger partial charge in [0.25, 0.3) is 0 Å². The highest BCUT2D eigenvalue weighted by molar-refractivity contribution is 6.05. The predicted molar refractivity (Wildman–Crippen MR) is 76.4 cm³/mol. The second kappa shape index (κ2) is 5.13. The Morgan fingerprint density at radius 1 is 1.24 bits per heavy atom. The minimum Gasteiger partial charge on any atom is -0.396 e. The first kappa shape index (κ1) is 14.0. The number of imide groups is 1. The van der Waals surface area contributed by atoms with Gasteiger partial charge in [-0.1, -0.05) is 19.4 Å². The maximum absolute atomic E-state index is 13.5. The summed E-state index contributed by atoms with van der Waals surface area (Å²) >= 11 is 0. The van der Waals surface area contributed by atoms with Crippen molar-refractivity contribution in [1.82, 2.24) is 4.90 Å². The lowest BCUT2D eigenvalue weighted by Crippen LogP contribution is -2.31. The molecule has 21 heavy (non-hydrogen) atoms. The molecule has 1 aromatic rings. The fraction of sp³-hybridized carbons (Fsp3) is 0.500. The van der Waals surface area contributed by atoms with E-state index in [4.69, 9.17) is 5.73 Å². The van der Waals surface area contributed by atoms with Gasteiger partial charge in [-0.25, -0.2) is 4.39 Å². The summed E-state index contributed by atoms with van der Waals surface area (Å²) < 4.78 is 13.5. The normalized spacial score (nSPS) is 28.3. The van der Waals surface area contributed by atoms with Gasteiger partial charge >= 0.3 is 0 Å². The van der Waals surface area contributed by atoms with Gasteiger partial charge in [0.1, 0.15) is 5.82 Å². The third-order valence-corrected chi connectivity index (χ3v) is 4.81. The van der Waals surface area contributed by atoms with Crippen LogP contribution in [-0.4, -0.2) is 16.7 Å². The SMILES string of the molecule is CCC1CC2C(=O)N(Cc3ccc(N)c(F)c3)C(=O)C2C1. The van der Waals surface area contributed by atoms with Crippen molar-refractivity contribution in [2.75, 3.05) is 5.73 Å². The molecule has 1 saturated carbocycles. The fourth-order valence-corrected chi connectivity index (χ4v) is 3.54. The molecule has 1 aromatic carbocycles. The number of fused-ring (bicyclic) bond motifs is 1. The van der Waals surface area contributed by atoms with Gasteiger partial charge in [0.05, 0.1) is 24.1 Å². The number of carbonyl (C=O) groups is 2. The third kappa shape index (κ3) is 2.30. The number of nitrogens with two attached hydrogens (primary N) is 1. The number of hydrogen-bond donors (Lipinski definition) is 1. The number of rotatable bonds is 3. The van der Waals surface area contributed by atoms with Gasteiger partial charge in [-0.3, -0.25) is 14.5 Å². The van der Waals surface area contributed by atoms with Gasteiger partial charge in [0, 0.05) is 0 Å². The summed E-state index contributed by atoms with van der Waals surface area (Å²) in [6.45, 7) is 2.23. The van der Waals surface area contributed by atoms with Crippen LogP contribution in [0.25, 0.3) is 0 Å². The van der Waals surface area contributed by atoms with Crippen molar-refractivity contribution in [3.05, 3.63) is 29.6 Å². The summed E-state index contributed by atoms with van der Waals surface area (Å²) in [5, 5.41) is 0. The van der Waals surface area contributed by atoms with Crippen LogP contribution in [0.1, 0.15) is 31.7 Å². The van der Waals surface area contributed by atoms with Crippen LogP contribution in [0.2, 0.25) is 0 Å². The highest BCUT2D eigenvalue weighted by Gasteiger charge is 2.51. The Bertz CT molecular complexity index is 578. The second-order valence-electron chi connectivity index (χ2n) is 6.08. The lowest BCUT2D eigenvalue weighted by molar-refractivity contribution is -0.141. The molecule has 0 aromatic heterocycles. The number of hydrogen-bond acceptors (Lipinski definition) is 3. The number of carbonyl (C=O) groups excluding carboxylic acids is 2. The zero-order valence-electron chi connectivity index (χ0n) is 12.0. The molecular formula is C16H19FN2O2. The second-order valence-corrected chi connectivity index (χ2v) is 6.08. The molecule has 4 nitrogen and oxygen atoms in total. The molecule has 1 heterocycles. The zero-order valence-corrected chi connectivity index (χ0v) is 12.0. The van der Waals surface area contributed by atoms with Crippen molar-refractivity contribution in [3.8, 4) is 0 Å². The molecule has 1 saturated heterocycles. The highest BCUT2D eigenvalue weighted by atomic mass is 19.1. The Morgan fingerprint density at radius 3 is 2.38 bits per heavy atom. The molecular weight excluding hydrogens is 271 g/mol. The first-order valence-corrected chi connectivity index (χ1v) is 7.40. The number of likely N-dealkylation sites (tertiary alicyclic amines) is 1. The Labute approximate surface area is 123 Å². The van der Waals surface area contributed by atoms with Crippen LogP contribution >= 0.6 is 0 Å². The molecule has 1 aliphatic carbocycles. The monoisotopic (exact) mass is 290 g/mol. The number of nitrogen functional groups attached to an aromatic ring is 1. The molecule has 0 radical (unpaired) electrons. The standard InChI is InChI=1S/C16H19FN2O2/c1-2-9-5-11-12(6-9)16(21)19(15(11)20)8-10-3-4-14(18)13(17)7-10/h3-4,7,9,11-12H,2,5-6,8,18H2,1H3. The number of benzene rings is 1.